The van der Waals surface area contributed by atoms with Crippen LogP contribution < -0.4 is 0 Å². The molecule has 0 bridgehead atoms. The van der Waals surface area contributed by atoms with Gasteiger partial charge in [0.1, 0.15) is 23.9 Å². The minimum atomic E-state index is -1.44. The van der Waals surface area contributed by atoms with Crippen LogP contribution in [0.15, 0.2) is 12.2 Å². The van der Waals surface area contributed by atoms with E-state index in [0.717, 1.165) is 0 Å². The molecule has 25 heavy (non-hydrogen) atoms. The summed E-state index contributed by atoms with van der Waals surface area (Å²) in [6, 6.07) is 0. The molecule has 4 fully saturated rings. The van der Waals surface area contributed by atoms with Crippen LogP contribution in [0.1, 0.15) is 27.2 Å². The molecule has 1 spiro atoms. The van der Waals surface area contributed by atoms with E-state index in [1.807, 2.05) is 0 Å². The number of esters is 2. The molecule has 9 atom stereocenters. The SMILES string of the molecule is C=C1C(=O)O[C@H]2[C@H]1[C@@H](OC(C)=O)C[C@@](C)(O)[C@@]13O[C@@H]1[C@@H](Cl)[C@](C)(O)[C@H]23. The van der Waals surface area contributed by atoms with E-state index in [2.05, 4.69) is 6.58 Å². The quantitative estimate of drug-likeness (QED) is 0.295. The zero-order chi connectivity index (χ0) is 18.5. The maximum atomic E-state index is 12.2. The average Bonchev–Trinajstić information content (AvgIpc) is 3.10. The van der Waals surface area contributed by atoms with Crippen LogP contribution in [0.3, 0.4) is 0 Å². The Morgan fingerprint density at radius 3 is 2.64 bits per heavy atom. The third-order valence-corrected chi connectivity index (χ3v) is 7.02. The molecule has 7 nitrogen and oxygen atoms in total. The maximum Gasteiger partial charge on any atom is 0.334 e. The van der Waals surface area contributed by atoms with Gasteiger partial charge in [-0.3, -0.25) is 4.79 Å². The average molecular weight is 373 g/mol. The fourth-order valence-corrected chi connectivity index (χ4v) is 5.66. The molecule has 0 radical (unpaired) electrons. The van der Waals surface area contributed by atoms with Crippen LogP contribution in [0.2, 0.25) is 0 Å². The van der Waals surface area contributed by atoms with Crippen molar-refractivity contribution in [3.05, 3.63) is 12.2 Å². The van der Waals surface area contributed by atoms with Crippen LogP contribution >= 0.6 is 11.6 Å². The molecule has 138 valence electrons. The Bertz CT molecular complexity index is 686. The minimum Gasteiger partial charge on any atom is -0.462 e. The van der Waals surface area contributed by atoms with E-state index in [1.165, 1.54) is 6.92 Å². The van der Waals surface area contributed by atoms with Crippen LogP contribution in [0.5, 0.6) is 0 Å². The fourth-order valence-electron chi connectivity index (χ4n) is 5.29. The van der Waals surface area contributed by atoms with Gasteiger partial charge in [0.05, 0.1) is 28.4 Å². The summed E-state index contributed by atoms with van der Waals surface area (Å²) in [6.07, 6.45) is -2.21. The molecule has 4 aliphatic rings. The van der Waals surface area contributed by atoms with Crippen LogP contribution in [0.4, 0.5) is 0 Å². The van der Waals surface area contributed by atoms with Crippen LogP contribution in [-0.2, 0) is 23.8 Å². The highest BCUT2D eigenvalue weighted by Crippen LogP contribution is 2.69. The minimum absolute atomic E-state index is 0.0239. The molecule has 0 aromatic carbocycles. The molecule has 0 aromatic heterocycles. The fraction of sp³-hybridized carbons (Fsp3) is 0.765. The largest absolute Gasteiger partial charge is 0.462 e. The van der Waals surface area contributed by atoms with Gasteiger partial charge < -0.3 is 24.4 Å². The zero-order valence-corrected chi connectivity index (χ0v) is 14.9. The van der Waals surface area contributed by atoms with Gasteiger partial charge in [-0.25, -0.2) is 4.79 Å². The Balaban J connectivity index is 1.87. The highest BCUT2D eigenvalue weighted by Gasteiger charge is 2.86. The standard InChI is InChI=1S/C17H21ClO7/c1-6-9-8(23-7(2)19)5-15(3,21)17-11(10(9)24-14(6)20)16(4,22)12(18)13(17)25-17/h8-13,21-22H,1,5H2,2-4H3/t8-,9+,10-,11-,12+,13+,15+,16+,17-/m0/s1. The number of ether oxygens (including phenoxy) is 3. The van der Waals surface area contributed by atoms with Gasteiger partial charge in [-0.15, -0.1) is 11.6 Å². The third kappa shape index (κ3) is 1.92. The number of hydrogen-bond donors (Lipinski definition) is 2. The van der Waals surface area contributed by atoms with Crippen molar-refractivity contribution >= 4 is 23.5 Å². The van der Waals surface area contributed by atoms with E-state index < -0.39 is 64.3 Å². The summed E-state index contributed by atoms with van der Waals surface area (Å²) in [7, 11) is 0. The number of carbonyl (C=O) groups is 2. The third-order valence-electron chi connectivity index (χ3n) is 6.35. The summed E-state index contributed by atoms with van der Waals surface area (Å²) in [5.74, 6) is -2.58. The number of carbonyl (C=O) groups excluding carboxylic acids is 2. The van der Waals surface area contributed by atoms with Crippen molar-refractivity contribution in [3.63, 3.8) is 0 Å². The number of halogens is 1. The van der Waals surface area contributed by atoms with E-state index in [-0.39, 0.29) is 12.0 Å². The molecular formula is C17H21ClO7. The van der Waals surface area contributed by atoms with Gasteiger partial charge in [0.25, 0.3) is 0 Å². The maximum absolute atomic E-state index is 12.2. The second kappa shape index (κ2) is 4.76. The number of rotatable bonds is 1. The lowest BCUT2D eigenvalue weighted by Crippen LogP contribution is -2.56. The molecule has 2 saturated heterocycles. The monoisotopic (exact) mass is 372 g/mol. The van der Waals surface area contributed by atoms with Gasteiger partial charge in [-0.1, -0.05) is 6.58 Å². The van der Waals surface area contributed by atoms with Crippen molar-refractivity contribution < 1.29 is 34.0 Å². The van der Waals surface area contributed by atoms with Crippen LogP contribution in [0.25, 0.3) is 0 Å². The number of epoxide rings is 1. The summed E-state index contributed by atoms with van der Waals surface area (Å²) >= 11 is 6.40. The topological polar surface area (TPSA) is 106 Å². The van der Waals surface area contributed by atoms with Crippen LogP contribution in [-0.4, -0.2) is 62.6 Å². The predicted molar refractivity (Wildman–Crippen MR) is 84.7 cm³/mol. The molecule has 2 N–H and O–H groups in total. The van der Waals surface area contributed by atoms with Gasteiger partial charge in [0, 0.05) is 18.9 Å². The Kier molecular flexibility index (Phi) is 3.29. The molecular weight excluding hydrogens is 352 g/mol. The van der Waals surface area contributed by atoms with Crippen molar-refractivity contribution in [1.29, 1.82) is 0 Å². The van der Waals surface area contributed by atoms with Gasteiger partial charge in [-0.05, 0) is 13.8 Å². The molecule has 2 heterocycles. The number of aliphatic hydroxyl groups is 2. The lowest BCUT2D eigenvalue weighted by Gasteiger charge is -2.40. The summed E-state index contributed by atoms with van der Waals surface area (Å²) in [5.41, 5.74) is -3.87. The molecule has 0 unspecified atom stereocenters. The summed E-state index contributed by atoms with van der Waals surface area (Å²) in [4.78, 5) is 23.7. The van der Waals surface area contributed by atoms with Crippen LogP contribution in [0, 0.1) is 11.8 Å². The Morgan fingerprint density at radius 2 is 2.04 bits per heavy atom. The molecule has 2 saturated carbocycles. The molecule has 4 rings (SSSR count). The van der Waals surface area contributed by atoms with Gasteiger partial charge in [0.15, 0.2) is 0 Å². The van der Waals surface area contributed by atoms with E-state index in [1.54, 1.807) is 13.8 Å². The Labute approximate surface area is 149 Å². The first-order valence-corrected chi connectivity index (χ1v) is 8.72. The molecule has 2 aliphatic carbocycles. The molecule has 0 aromatic rings. The van der Waals surface area contributed by atoms with Crippen molar-refractivity contribution in [2.24, 2.45) is 11.8 Å². The van der Waals surface area contributed by atoms with E-state index >= 15 is 0 Å². The molecule has 0 amide bonds. The lowest BCUT2D eigenvalue weighted by molar-refractivity contribution is -0.159. The first-order chi connectivity index (χ1) is 11.4. The summed E-state index contributed by atoms with van der Waals surface area (Å²) < 4.78 is 16.7. The second-order valence-corrected chi connectivity index (χ2v) is 8.45. The molecule has 2 aliphatic heterocycles. The van der Waals surface area contributed by atoms with Crippen molar-refractivity contribution in [2.45, 2.75) is 67.7 Å². The Hall–Kier alpha value is -1.15. The van der Waals surface area contributed by atoms with E-state index in [4.69, 9.17) is 25.8 Å². The predicted octanol–water partition coefficient (Wildman–Crippen LogP) is 0.296. The van der Waals surface area contributed by atoms with Gasteiger partial charge >= 0.3 is 11.9 Å². The highest BCUT2D eigenvalue weighted by atomic mass is 35.5. The number of hydrogen-bond acceptors (Lipinski definition) is 7. The van der Waals surface area contributed by atoms with Gasteiger partial charge in [-0.2, -0.15) is 0 Å². The Morgan fingerprint density at radius 1 is 1.40 bits per heavy atom. The van der Waals surface area contributed by atoms with Crippen molar-refractivity contribution in [3.8, 4) is 0 Å². The lowest BCUT2D eigenvalue weighted by atomic mass is 9.73. The first-order valence-electron chi connectivity index (χ1n) is 8.29. The number of fused-ring (bicyclic) bond motifs is 2. The van der Waals surface area contributed by atoms with E-state index in [9.17, 15) is 19.8 Å². The molecule has 8 heteroatoms. The van der Waals surface area contributed by atoms with E-state index in [0.29, 0.717) is 0 Å². The smallest absolute Gasteiger partial charge is 0.334 e. The summed E-state index contributed by atoms with van der Waals surface area (Å²) in [5, 5.41) is 21.5. The first kappa shape index (κ1) is 17.3. The summed E-state index contributed by atoms with van der Waals surface area (Å²) in [6.45, 7) is 8.17. The second-order valence-electron chi connectivity index (χ2n) is 7.98. The van der Waals surface area contributed by atoms with Crippen molar-refractivity contribution in [1.82, 2.24) is 0 Å². The van der Waals surface area contributed by atoms with Gasteiger partial charge in [0.2, 0.25) is 0 Å². The highest BCUT2D eigenvalue weighted by molar-refractivity contribution is 6.22. The zero-order valence-electron chi connectivity index (χ0n) is 14.2. The van der Waals surface area contributed by atoms with Crippen molar-refractivity contribution in [2.75, 3.05) is 0 Å². The number of alkyl halides is 1. The normalized spacial score (nSPS) is 56.4.